The minimum atomic E-state index is -0.482. The highest BCUT2D eigenvalue weighted by Gasteiger charge is 2.18. The molecule has 0 aliphatic carbocycles. The Morgan fingerprint density at radius 3 is 2.46 bits per heavy atom. The molecule has 0 unspecified atom stereocenters. The first-order valence-corrected chi connectivity index (χ1v) is 3.84. The Morgan fingerprint density at radius 2 is 2.00 bits per heavy atom. The number of carbonyl (C=O) groups excluding carboxylic acids is 2. The van der Waals surface area contributed by atoms with Gasteiger partial charge in [0.2, 0.25) is 0 Å². The lowest BCUT2D eigenvalue weighted by molar-refractivity contribution is 0.0598. The molecule has 13 heavy (non-hydrogen) atoms. The predicted molar refractivity (Wildman–Crippen MR) is 47.0 cm³/mol. The van der Waals surface area contributed by atoms with Crippen LogP contribution in [-0.4, -0.2) is 24.3 Å². The van der Waals surface area contributed by atoms with E-state index in [-0.39, 0.29) is 0 Å². The lowest BCUT2D eigenvalue weighted by atomic mass is 10.1. The second kappa shape index (κ2) is 3.43. The van der Waals surface area contributed by atoms with Gasteiger partial charge in [-0.3, -0.25) is 4.79 Å². The molecule has 1 heterocycles. The van der Waals surface area contributed by atoms with Crippen LogP contribution in [0.3, 0.4) is 0 Å². The van der Waals surface area contributed by atoms with Gasteiger partial charge in [0.25, 0.3) is 0 Å². The number of methoxy groups -OCH3 is 1. The minimum Gasteiger partial charge on any atom is -0.465 e. The molecule has 0 saturated carbocycles. The lowest BCUT2D eigenvalue weighted by Crippen LogP contribution is -2.04. The Kier molecular flexibility index (Phi) is 2.51. The van der Waals surface area contributed by atoms with Crippen LogP contribution in [0.4, 0.5) is 0 Å². The molecule has 0 saturated heterocycles. The molecule has 1 aromatic rings. The van der Waals surface area contributed by atoms with E-state index in [1.807, 2.05) is 0 Å². The predicted octanol–water partition coefficient (Wildman–Crippen LogP) is 1.23. The van der Waals surface area contributed by atoms with Crippen molar-refractivity contribution >= 4 is 12.3 Å². The van der Waals surface area contributed by atoms with Gasteiger partial charge in [0, 0.05) is 17.0 Å². The summed E-state index contributed by atoms with van der Waals surface area (Å²) in [6, 6.07) is 0. The monoisotopic (exact) mass is 181 g/mol. The Hall–Kier alpha value is -1.58. The quantitative estimate of drug-likeness (QED) is 0.551. The Bertz CT molecular complexity index is 352. The van der Waals surface area contributed by atoms with Crippen molar-refractivity contribution in [1.82, 2.24) is 4.98 Å². The Labute approximate surface area is 75.9 Å². The highest BCUT2D eigenvalue weighted by atomic mass is 16.5. The third-order valence-corrected chi connectivity index (χ3v) is 1.93. The zero-order valence-corrected chi connectivity index (χ0v) is 7.80. The maximum Gasteiger partial charge on any atom is 0.340 e. The summed E-state index contributed by atoms with van der Waals surface area (Å²) in [6.45, 7) is 3.47. The molecule has 1 aromatic heterocycles. The van der Waals surface area contributed by atoms with Gasteiger partial charge >= 0.3 is 5.97 Å². The summed E-state index contributed by atoms with van der Waals surface area (Å²) in [4.78, 5) is 24.8. The fourth-order valence-electron chi connectivity index (χ4n) is 1.31. The average molecular weight is 181 g/mol. The largest absolute Gasteiger partial charge is 0.465 e. The summed E-state index contributed by atoms with van der Waals surface area (Å²) < 4.78 is 4.56. The SMILES string of the molecule is COC(=O)c1c(C)[nH]c(C)c1C=O. The van der Waals surface area contributed by atoms with Crippen molar-refractivity contribution in [2.45, 2.75) is 13.8 Å². The van der Waals surface area contributed by atoms with Crippen LogP contribution in [0.15, 0.2) is 0 Å². The van der Waals surface area contributed by atoms with Crippen molar-refractivity contribution in [2.24, 2.45) is 0 Å². The van der Waals surface area contributed by atoms with Gasteiger partial charge in [-0.25, -0.2) is 4.79 Å². The topological polar surface area (TPSA) is 59.2 Å². The molecule has 0 aliphatic heterocycles. The van der Waals surface area contributed by atoms with Gasteiger partial charge in [0.15, 0.2) is 6.29 Å². The second-order valence-corrected chi connectivity index (χ2v) is 2.77. The number of aromatic nitrogens is 1. The van der Waals surface area contributed by atoms with Gasteiger partial charge in [0.1, 0.15) is 0 Å². The van der Waals surface area contributed by atoms with Crippen LogP contribution < -0.4 is 0 Å². The van der Waals surface area contributed by atoms with Crippen LogP contribution >= 0.6 is 0 Å². The number of aromatic amines is 1. The Balaban J connectivity index is 3.32. The molecule has 0 bridgehead atoms. The molecule has 1 N–H and O–H groups in total. The number of carbonyl (C=O) groups is 2. The molecule has 4 nitrogen and oxygen atoms in total. The van der Waals surface area contributed by atoms with Crippen LogP contribution in [0.5, 0.6) is 0 Å². The van der Waals surface area contributed by atoms with E-state index in [1.165, 1.54) is 7.11 Å². The van der Waals surface area contributed by atoms with Crippen molar-refractivity contribution in [2.75, 3.05) is 7.11 Å². The fraction of sp³-hybridized carbons (Fsp3) is 0.333. The molecule has 70 valence electrons. The summed E-state index contributed by atoms with van der Waals surface area (Å²) in [5.41, 5.74) is 2.05. The summed E-state index contributed by atoms with van der Waals surface area (Å²) in [5, 5.41) is 0. The van der Waals surface area contributed by atoms with Crippen LogP contribution in [0.1, 0.15) is 32.1 Å². The van der Waals surface area contributed by atoms with E-state index < -0.39 is 5.97 Å². The van der Waals surface area contributed by atoms with Gasteiger partial charge in [-0.2, -0.15) is 0 Å². The molecule has 4 heteroatoms. The van der Waals surface area contributed by atoms with Gasteiger partial charge in [0.05, 0.1) is 12.7 Å². The third kappa shape index (κ3) is 1.47. The molecule has 1 rings (SSSR count). The Morgan fingerprint density at radius 1 is 1.38 bits per heavy atom. The van der Waals surface area contributed by atoms with Crippen molar-refractivity contribution in [3.8, 4) is 0 Å². The van der Waals surface area contributed by atoms with Gasteiger partial charge in [-0.1, -0.05) is 0 Å². The van der Waals surface area contributed by atoms with E-state index in [9.17, 15) is 9.59 Å². The van der Waals surface area contributed by atoms with E-state index in [2.05, 4.69) is 9.72 Å². The number of hydrogen-bond acceptors (Lipinski definition) is 3. The van der Waals surface area contributed by atoms with E-state index in [0.717, 1.165) is 0 Å². The maximum atomic E-state index is 11.2. The first-order valence-electron chi connectivity index (χ1n) is 3.84. The standard InChI is InChI=1S/C9H11NO3/c1-5-7(4-11)8(6(2)10-5)9(12)13-3/h4,10H,1-3H3. The highest BCUT2D eigenvalue weighted by molar-refractivity contribution is 6.00. The molecule has 0 radical (unpaired) electrons. The second-order valence-electron chi connectivity index (χ2n) is 2.77. The van der Waals surface area contributed by atoms with Crippen LogP contribution in [-0.2, 0) is 4.74 Å². The third-order valence-electron chi connectivity index (χ3n) is 1.93. The van der Waals surface area contributed by atoms with Crippen molar-refractivity contribution in [3.63, 3.8) is 0 Å². The molecule has 0 aliphatic rings. The average Bonchev–Trinajstić information content (AvgIpc) is 2.39. The van der Waals surface area contributed by atoms with E-state index >= 15 is 0 Å². The minimum absolute atomic E-state index is 0.329. The van der Waals surface area contributed by atoms with Gasteiger partial charge in [-0.15, -0.1) is 0 Å². The van der Waals surface area contributed by atoms with E-state index in [4.69, 9.17) is 0 Å². The number of H-pyrrole nitrogens is 1. The zero-order valence-electron chi connectivity index (χ0n) is 7.80. The number of hydrogen-bond donors (Lipinski definition) is 1. The normalized spacial score (nSPS) is 9.77. The summed E-state index contributed by atoms with van der Waals surface area (Å²) in [7, 11) is 1.29. The van der Waals surface area contributed by atoms with Crippen molar-refractivity contribution in [3.05, 3.63) is 22.5 Å². The first kappa shape index (κ1) is 9.51. The first-order chi connectivity index (χ1) is 6.11. The van der Waals surface area contributed by atoms with Crippen molar-refractivity contribution < 1.29 is 14.3 Å². The number of nitrogens with one attached hydrogen (secondary N) is 1. The lowest BCUT2D eigenvalue weighted by Gasteiger charge is -1.97. The molecular formula is C9H11NO3. The number of esters is 1. The van der Waals surface area contributed by atoms with Crippen molar-refractivity contribution in [1.29, 1.82) is 0 Å². The fourth-order valence-corrected chi connectivity index (χ4v) is 1.31. The highest BCUT2D eigenvalue weighted by Crippen LogP contribution is 2.16. The van der Waals surface area contributed by atoms with Crippen LogP contribution in [0, 0.1) is 13.8 Å². The van der Waals surface area contributed by atoms with Crippen LogP contribution in [0.25, 0.3) is 0 Å². The summed E-state index contributed by atoms with van der Waals surface area (Å²) in [5.74, 6) is -0.482. The summed E-state index contributed by atoms with van der Waals surface area (Å²) >= 11 is 0. The number of rotatable bonds is 2. The van der Waals surface area contributed by atoms with E-state index in [0.29, 0.717) is 28.8 Å². The van der Waals surface area contributed by atoms with Crippen LogP contribution in [0.2, 0.25) is 0 Å². The van der Waals surface area contributed by atoms with E-state index in [1.54, 1.807) is 13.8 Å². The number of aryl methyl sites for hydroxylation is 2. The molecule has 0 spiro atoms. The van der Waals surface area contributed by atoms with Gasteiger partial charge < -0.3 is 9.72 Å². The number of aldehydes is 1. The van der Waals surface area contributed by atoms with Gasteiger partial charge in [-0.05, 0) is 13.8 Å². The molecular weight excluding hydrogens is 170 g/mol. The molecule has 0 atom stereocenters. The molecule has 0 aromatic carbocycles. The molecule has 0 fully saturated rings. The number of ether oxygens (including phenoxy) is 1. The zero-order chi connectivity index (χ0) is 10.0. The smallest absolute Gasteiger partial charge is 0.340 e. The molecule has 0 amide bonds. The maximum absolute atomic E-state index is 11.2. The summed E-state index contributed by atoms with van der Waals surface area (Å²) in [6.07, 6.45) is 0.658.